The molecule has 0 aliphatic heterocycles. The van der Waals surface area contributed by atoms with Gasteiger partial charge in [0, 0.05) is 29.6 Å². The number of pyridine rings is 1. The van der Waals surface area contributed by atoms with Gasteiger partial charge in [0.25, 0.3) is 0 Å². The Kier molecular flexibility index (Phi) is 4.95. The topological polar surface area (TPSA) is 84.2 Å². The summed E-state index contributed by atoms with van der Waals surface area (Å²) >= 11 is 0. The molecule has 2 rings (SSSR count). The average Bonchev–Trinajstić information content (AvgIpc) is 2.56. The summed E-state index contributed by atoms with van der Waals surface area (Å²) in [6.07, 6.45) is 3.00. The largest absolute Gasteiger partial charge is 0.505 e. The molecule has 1 heterocycles. The zero-order valence-corrected chi connectivity index (χ0v) is 12.7. The molecule has 0 fully saturated rings. The third-order valence-electron chi connectivity index (χ3n) is 3.25. The number of hydrogen-bond acceptors (Lipinski definition) is 6. The van der Waals surface area contributed by atoms with Crippen molar-refractivity contribution in [2.45, 2.75) is 13.5 Å². The first-order valence-electron chi connectivity index (χ1n) is 6.65. The van der Waals surface area contributed by atoms with Crippen LogP contribution in [0.5, 0.6) is 17.2 Å². The zero-order valence-electron chi connectivity index (χ0n) is 12.7. The minimum absolute atomic E-state index is 0.00257. The first-order chi connectivity index (χ1) is 10.6. The molecule has 0 bridgehead atoms. The number of aliphatic imine (C=N–C) groups is 1. The molecule has 116 valence electrons. The average molecular weight is 302 g/mol. The van der Waals surface area contributed by atoms with Gasteiger partial charge < -0.3 is 19.7 Å². The second-order valence-electron chi connectivity index (χ2n) is 4.59. The first-order valence-corrected chi connectivity index (χ1v) is 6.65. The molecule has 2 aromatic rings. The third-order valence-corrected chi connectivity index (χ3v) is 3.25. The number of aliphatic hydroxyl groups is 1. The van der Waals surface area contributed by atoms with Gasteiger partial charge in [0.15, 0.2) is 0 Å². The maximum absolute atomic E-state index is 10.1. The fraction of sp³-hybridized carbons (Fsp3) is 0.250. The standard InChI is InChI=1S/C16H18N2O4/c1-10-16(20)13(11(9-19)7-17-10)8-18-14-5-4-12(21-2)6-15(14)22-3/h4-8,19-20H,9H2,1-3H3. The summed E-state index contributed by atoms with van der Waals surface area (Å²) in [6, 6.07) is 5.23. The molecule has 0 aliphatic rings. The molecule has 0 amide bonds. The number of hydrogen-bond donors (Lipinski definition) is 2. The number of nitrogens with zero attached hydrogens (tertiary/aromatic N) is 2. The number of ether oxygens (including phenoxy) is 2. The highest BCUT2D eigenvalue weighted by atomic mass is 16.5. The second kappa shape index (κ2) is 6.91. The highest BCUT2D eigenvalue weighted by molar-refractivity contribution is 5.88. The summed E-state index contributed by atoms with van der Waals surface area (Å²) in [6.45, 7) is 1.45. The van der Waals surface area contributed by atoms with Gasteiger partial charge in [-0.05, 0) is 19.1 Å². The van der Waals surface area contributed by atoms with Gasteiger partial charge in [0.1, 0.15) is 22.9 Å². The van der Waals surface area contributed by atoms with E-state index in [1.54, 1.807) is 39.3 Å². The minimum atomic E-state index is -0.234. The van der Waals surface area contributed by atoms with Crippen LogP contribution in [0.15, 0.2) is 29.4 Å². The van der Waals surface area contributed by atoms with E-state index in [2.05, 4.69) is 9.98 Å². The molecule has 0 unspecified atom stereocenters. The number of aromatic nitrogens is 1. The van der Waals surface area contributed by atoms with E-state index in [4.69, 9.17) is 9.47 Å². The maximum atomic E-state index is 10.1. The Balaban J connectivity index is 2.43. The number of aromatic hydroxyl groups is 1. The van der Waals surface area contributed by atoms with Crippen molar-refractivity contribution in [3.63, 3.8) is 0 Å². The Bertz CT molecular complexity index is 699. The Morgan fingerprint density at radius 3 is 2.68 bits per heavy atom. The lowest BCUT2D eigenvalue weighted by molar-refractivity contribution is 0.280. The smallest absolute Gasteiger partial charge is 0.148 e. The number of aliphatic hydroxyl groups excluding tert-OH is 1. The van der Waals surface area contributed by atoms with Crippen LogP contribution in [-0.2, 0) is 6.61 Å². The van der Waals surface area contributed by atoms with Crippen molar-refractivity contribution in [2.75, 3.05) is 14.2 Å². The van der Waals surface area contributed by atoms with Crippen LogP contribution in [0.2, 0.25) is 0 Å². The fourth-order valence-corrected chi connectivity index (χ4v) is 1.95. The van der Waals surface area contributed by atoms with Crippen LogP contribution in [-0.4, -0.2) is 35.6 Å². The van der Waals surface area contributed by atoms with Gasteiger partial charge in [-0.15, -0.1) is 0 Å². The van der Waals surface area contributed by atoms with E-state index < -0.39 is 0 Å². The molecule has 0 spiro atoms. The summed E-state index contributed by atoms with van der Waals surface area (Å²) in [5.74, 6) is 1.21. The monoisotopic (exact) mass is 302 g/mol. The summed E-state index contributed by atoms with van der Waals surface area (Å²) < 4.78 is 10.4. The van der Waals surface area contributed by atoms with Crippen molar-refractivity contribution in [3.05, 3.63) is 41.2 Å². The molecule has 6 nitrogen and oxygen atoms in total. The van der Waals surface area contributed by atoms with Crippen LogP contribution in [0.4, 0.5) is 5.69 Å². The molecular formula is C16H18N2O4. The lowest BCUT2D eigenvalue weighted by Crippen LogP contribution is -1.98. The number of rotatable bonds is 5. The molecule has 0 radical (unpaired) electrons. The molecule has 1 aromatic carbocycles. The zero-order chi connectivity index (χ0) is 16.1. The van der Waals surface area contributed by atoms with Crippen molar-refractivity contribution in [1.82, 2.24) is 4.98 Å². The Labute approximate surface area is 128 Å². The van der Waals surface area contributed by atoms with E-state index in [1.165, 1.54) is 12.4 Å². The van der Waals surface area contributed by atoms with Gasteiger partial charge in [-0.25, -0.2) is 0 Å². The van der Waals surface area contributed by atoms with Crippen molar-refractivity contribution in [1.29, 1.82) is 0 Å². The SMILES string of the molecule is COc1ccc(N=Cc2c(CO)cnc(C)c2O)c(OC)c1. The lowest BCUT2D eigenvalue weighted by Gasteiger charge is -2.09. The minimum Gasteiger partial charge on any atom is -0.505 e. The predicted octanol–water partition coefficient (Wildman–Crippen LogP) is 2.36. The van der Waals surface area contributed by atoms with Crippen molar-refractivity contribution >= 4 is 11.9 Å². The fourth-order valence-electron chi connectivity index (χ4n) is 1.95. The summed E-state index contributed by atoms with van der Waals surface area (Å²) in [7, 11) is 3.12. The highest BCUT2D eigenvalue weighted by Gasteiger charge is 2.10. The molecule has 0 saturated heterocycles. The molecule has 0 aliphatic carbocycles. The van der Waals surface area contributed by atoms with Gasteiger partial charge in [0.05, 0.1) is 26.5 Å². The molecule has 22 heavy (non-hydrogen) atoms. The van der Waals surface area contributed by atoms with Crippen molar-refractivity contribution in [2.24, 2.45) is 4.99 Å². The van der Waals surface area contributed by atoms with Crippen LogP contribution in [0.25, 0.3) is 0 Å². The van der Waals surface area contributed by atoms with Gasteiger partial charge in [-0.1, -0.05) is 0 Å². The van der Waals surface area contributed by atoms with E-state index in [0.717, 1.165) is 0 Å². The first kappa shape index (κ1) is 15.8. The van der Waals surface area contributed by atoms with E-state index in [0.29, 0.717) is 34.0 Å². The van der Waals surface area contributed by atoms with E-state index in [1.807, 2.05) is 0 Å². The molecule has 0 saturated carbocycles. The number of aryl methyl sites for hydroxylation is 1. The van der Waals surface area contributed by atoms with Gasteiger partial charge in [-0.3, -0.25) is 9.98 Å². The normalized spacial score (nSPS) is 10.9. The van der Waals surface area contributed by atoms with Crippen LogP contribution < -0.4 is 9.47 Å². The number of methoxy groups -OCH3 is 2. The quantitative estimate of drug-likeness (QED) is 0.828. The van der Waals surface area contributed by atoms with Crippen LogP contribution >= 0.6 is 0 Å². The highest BCUT2D eigenvalue weighted by Crippen LogP contribution is 2.32. The molecular weight excluding hydrogens is 284 g/mol. The van der Waals surface area contributed by atoms with Crippen LogP contribution in [0.1, 0.15) is 16.8 Å². The van der Waals surface area contributed by atoms with E-state index >= 15 is 0 Å². The third kappa shape index (κ3) is 3.17. The number of benzene rings is 1. The molecule has 1 aromatic heterocycles. The maximum Gasteiger partial charge on any atom is 0.148 e. The van der Waals surface area contributed by atoms with Crippen molar-refractivity contribution < 1.29 is 19.7 Å². The summed E-state index contributed by atoms with van der Waals surface area (Å²) in [5.41, 5.74) is 1.99. The molecule has 2 N–H and O–H groups in total. The summed E-state index contributed by atoms with van der Waals surface area (Å²) in [5, 5.41) is 19.4. The molecule has 0 atom stereocenters. The lowest BCUT2D eigenvalue weighted by atomic mass is 10.1. The Morgan fingerprint density at radius 2 is 2.05 bits per heavy atom. The van der Waals surface area contributed by atoms with Crippen LogP contribution in [0.3, 0.4) is 0 Å². The van der Waals surface area contributed by atoms with Gasteiger partial charge in [0.2, 0.25) is 0 Å². The van der Waals surface area contributed by atoms with E-state index in [9.17, 15) is 10.2 Å². The molecule has 6 heteroatoms. The Morgan fingerprint density at radius 1 is 1.27 bits per heavy atom. The Hall–Kier alpha value is -2.60. The predicted molar refractivity (Wildman–Crippen MR) is 83.4 cm³/mol. The summed E-state index contributed by atoms with van der Waals surface area (Å²) in [4.78, 5) is 8.34. The van der Waals surface area contributed by atoms with Gasteiger partial charge in [-0.2, -0.15) is 0 Å². The van der Waals surface area contributed by atoms with Crippen LogP contribution in [0, 0.1) is 6.92 Å². The van der Waals surface area contributed by atoms with Gasteiger partial charge >= 0.3 is 0 Å². The second-order valence-corrected chi connectivity index (χ2v) is 4.59. The van der Waals surface area contributed by atoms with Crippen molar-refractivity contribution in [3.8, 4) is 17.2 Å². The van der Waals surface area contributed by atoms with E-state index in [-0.39, 0.29) is 12.4 Å².